The first-order chi connectivity index (χ1) is 11.0. The maximum absolute atomic E-state index is 12.7. The van der Waals surface area contributed by atoms with E-state index >= 15 is 0 Å². The van der Waals surface area contributed by atoms with Crippen LogP contribution < -0.4 is 5.32 Å². The molecule has 5 nitrogen and oxygen atoms in total. The van der Waals surface area contributed by atoms with Crippen LogP contribution >= 0.6 is 15.9 Å². The molecule has 6 heteroatoms. The van der Waals surface area contributed by atoms with Crippen molar-refractivity contribution in [1.82, 2.24) is 19.6 Å². The predicted octanol–water partition coefficient (Wildman–Crippen LogP) is 3.04. The number of nitrogens with zero attached hydrogens (tertiary/aromatic N) is 3. The zero-order chi connectivity index (χ0) is 17.0. The van der Waals surface area contributed by atoms with E-state index in [2.05, 4.69) is 45.0 Å². The first kappa shape index (κ1) is 17.9. The molecule has 2 heterocycles. The van der Waals surface area contributed by atoms with Crippen LogP contribution in [0.5, 0.6) is 0 Å². The van der Waals surface area contributed by atoms with E-state index in [1.54, 1.807) is 0 Å². The molecular weight excluding hydrogens is 356 g/mol. The third-order valence-corrected chi connectivity index (χ3v) is 4.63. The van der Waals surface area contributed by atoms with Crippen LogP contribution in [-0.4, -0.2) is 46.4 Å². The maximum Gasteiger partial charge on any atom is 0.270 e. The molecule has 0 aromatic carbocycles. The number of hydrogen-bond donors (Lipinski definition) is 1. The highest BCUT2D eigenvalue weighted by Gasteiger charge is 2.19. The lowest BCUT2D eigenvalue weighted by Crippen LogP contribution is -2.35. The third-order valence-electron chi connectivity index (χ3n) is 4.04. The van der Waals surface area contributed by atoms with Gasteiger partial charge >= 0.3 is 0 Å². The number of likely N-dealkylation sites (N-methyl/N-ethyl adjacent to an activating group) is 1. The van der Waals surface area contributed by atoms with Gasteiger partial charge in [-0.05, 0) is 54.0 Å². The lowest BCUT2D eigenvalue weighted by atomic mass is 10.2. The number of hydrogen-bond acceptors (Lipinski definition) is 3. The molecular formula is C17H25BrN4O. The summed E-state index contributed by atoms with van der Waals surface area (Å²) < 4.78 is 2.81. The summed E-state index contributed by atoms with van der Waals surface area (Å²) in [7, 11) is 0. The van der Waals surface area contributed by atoms with Crippen molar-refractivity contribution in [2.24, 2.45) is 0 Å². The fourth-order valence-electron chi connectivity index (χ4n) is 2.72. The van der Waals surface area contributed by atoms with Crippen molar-refractivity contribution in [1.29, 1.82) is 0 Å². The van der Waals surface area contributed by atoms with Gasteiger partial charge in [-0.1, -0.05) is 20.8 Å². The molecule has 23 heavy (non-hydrogen) atoms. The average Bonchev–Trinajstić information content (AvgIpc) is 2.90. The highest BCUT2D eigenvalue weighted by atomic mass is 79.9. The van der Waals surface area contributed by atoms with Crippen LogP contribution in [0.4, 0.5) is 0 Å². The molecule has 0 aliphatic rings. The summed E-state index contributed by atoms with van der Waals surface area (Å²) in [6.45, 7) is 11.8. The number of carbonyl (C=O) groups is 1. The summed E-state index contributed by atoms with van der Waals surface area (Å²) in [5.74, 6) is -0.0565. The van der Waals surface area contributed by atoms with Crippen molar-refractivity contribution < 1.29 is 4.79 Å². The maximum atomic E-state index is 12.7. The standard InChI is InChI=1S/C17H25BrN4O/c1-5-14-15(17(23)19-8-9-21(6-2)7-3)22-11-12(4)10-13(18)16(22)20-14/h10-11H,5-9H2,1-4H3,(H,19,23). The Kier molecular flexibility index (Phi) is 6.18. The monoisotopic (exact) mass is 380 g/mol. The first-order valence-electron chi connectivity index (χ1n) is 8.19. The topological polar surface area (TPSA) is 49.6 Å². The van der Waals surface area contributed by atoms with Crippen molar-refractivity contribution in [3.05, 3.63) is 33.7 Å². The minimum absolute atomic E-state index is 0.0565. The Morgan fingerprint density at radius 2 is 2.04 bits per heavy atom. The Labute approximate surface area is 146 Å². The number of rotatable bonds is 7. The number of aromatic nitrogens is 2. The highest BCUT2D eigenvalue weighted by Crippen LogP contribution is 2.22. The quantitative estimate of drug-likeness (QED) is 0.802. The molecule has 2 aromatic heterocycles. The van der Waals surface area contributed by atoms with Gasteiger partial charge in [-0.2, -0.15) is 0 Å². The molecule has 1 amide bonds. The van der Waals surface area contributed by atoms with Crippen molar-refractivity contribution >= 4 is 27.5 Å². The second-order valence-corrected chi connectivity index (χ2v) is 6.46. The van der Waals surface area contributed by atoms with Gasteiger partial charge in [-0.25, -0.2) is 4.98 Å². The second-order valence-electron chi connectivity index (χ2n) is 5.60. The molecule has 0 atom stereocenters. The molecule has 0 bridgehead atoms. The van der Waals surface area contributed by atoms with Crippen LogP contribution in [0.25, 0.3) is 5.65 Å². The third kappa shape index (κ3) is 3.93. The van der Waals surface area contributed by atoms with E-state index in [4.69, 9.17) is 0 Å². The van der Waals surface area contributed by atoms with Crippen LogP contribution in [0.15, 0.2) is 16.7 Å². The number of halogens is 1. The van der Waals surface area contributed by atoms with Gasteiger partial charge in [0.15, 0.2) is 5.65 Å². The van der Waals surface area contributed by atoms with Crippen LogP contribution in [-0.2, 0) is 6.42 Å². The summed E-state index contributed by atoms with van der Waals surface area (Å²) in [4.78, 5) is 19.6. The van der Waals surface area contributed by atoms with Gasteiger partial charge in [0.05, 0.1) is 10.2 Å². The van der Waals surface area contributed by atoms with E-state index in [1.807, 2.05) is 30.5 Å². The molecule has 0 aliphatic heterocycles. The van der Waals surface area contributed by atoms with E-state index in [9.17, 15) is 4.79 Å². The zero-order valence-corrected chi connectivity index (χ0v) is 15.9. The van der Waals surface area contributed by atoms with Gasteiger partial charge in [0, 0.05) is 19.3 Å². The molecule has 0 aliphatic carbocycles. The van der Waals surface area contributed by atoms with Crippen molar-refractivity contribution in [3.63, 3.8) is 0 Å². The van der Waals surface area contributed by atoms with E-state index in [0.717, 1.165) is 47.4 Å². The van der Waals surface area contributed by atoms with Gasteiger partial charge < -0.3 is 10.2 Å². The molecule has 2 rings (SSSR count). The molecule has 0 fully saturated rings. The van der Waals surface area contributed by atoms with Gasteiger partial charge in [0.2, 0.25) is 0 Å². The van der Waals surface area contributed by atoms with Crippen molar-refractivity contribution in [2.45, 2.75) is 34.1 Å². The van der Waals surface area contributed by atoms with Crippen molar-refractivity contribution in [3.8, 4) is 0 Å². The van der Waals surface area contributed by atoms with Gasteiger partial charge in [0.1, 0.15) is 5.69 Å². The fourth-order valence-corrected chi connectivity index (χ4v) is 3.36. The minimum atomic E-state index is -0.0565. The number of fused-ring (bicyclic) bond motifs is 1. The van der Waals surface area contributed by atoms with Crippen LogP contribution in [0, 0.1) is 6.92 Å². The molecule has 0 saturated carbocycles. The predicted molar refractivity (Wildman–Crippen MR) is 97.1 cm³/mol. The molecule has 2 aromatic rings. The van der Waals surface area contributed by atoms with Crippen LogP contribution in [0.1, 0.15) is 42.5 Å². The average molecular weight is 381 g/mol. The Bertz CT molecular complexity index is 691. The summed E-state index contributed by atoms with van der Waals surface area (Å²) in [6.07, 6.45) is 2.69. The largest absolute Gasteiger partial charge is 0.349 e. The smallest absolute Gasteiger partial charge is 0.270 e. The zero-order valence-electron chi connectivity index (χ0n) is 14.3. The molecule has 0 saturated heterocycles. The number of pyridine rings is 1. The molecule has 1 N–H and O–H groups in total. The van der Waals surface area contributed by atoms with E-state index < -0.39 is 0 Å². The minimum Gasteiger partial charge on any atom is -0.349 e. The number of nitrogens with one attached hydrogen (secondary N) is 1. The fraction of sp³-hybridized carbons (Fsp3) is 0.529. The normalized spacial score (nSPS) is 11.4. The van der Waals surface area contributed by atoms with E-state index in [0.29, 0.717) is 12.2 Å². The Morgan fingerprint density at radius 1 is 1.35 bits per heavy atom. The SMILES string of the molecule is CCc1nc2c(Br)cc(C)cn2c1C(=O)NCCN(CC)CC. The molecule has 126 valence electrons. The molecule has 0 unspecified atom stereocenters. The van der Waals surface area contributed by atoms with Gasteiger partial charge in [0.25, 0.3) is 5.91 Å². The lowest BCUT2D eigenvalue weighted by molar-refractivity contribution is 0.0942. The summed E-state index contributed by atoms with van der Waals surface area (Å²) in [5.41, 5.74) is 3.35. The summed E-state index contributed by atoms with van der Waals surface area (Å²) in [6, 6.07) is 2.02. The highest BCUT2D eigenvalue weighted by molar-refractivity contribution is 9.10. The number of imidazole rings is 1. The summed E-state index contributed by atoms with van der Waals surface area (Å²) >= 11 is 3.54. The van der Waals surface area contributed by atoms with Crippen molar-refractivity contribution in [2.75, 3.05) is 26.2 Å². The lowest BCUT2D eigenvalue weighted by Gasteiger charge is -2.18. The number of aryl methyl sites for hydroxylation is 2. The van der Waals surface area contributed by atoms with Crippen LogP contribution in [0.3, 0.4) is 0 Å². The van der Waals surface area contributed by atoms with E-state index in [-0.39, 0.29) is 5.91 Å². The Hall–Kier alpha value is -1.40. The first-order valence-corrected chi connectivity index (χ1v) is 8.98. The number of carbonyl (C=O) groups excluding carboxylic acids is 1. The second kappa shape index (κ2) is 7.93. The number of amides is 1. The van der Waals surface area contributed by atoms with Crippen LogP contribution in [0.2, 0.25) is 0 Å². The van der Waals surface area contributed by atoms with Gasteiger partial charge in [-0.15, -0.1) is 0 Å². The Balaban J connectivity index is 2.25. The Morgan fingerprint density at radius 3 is 2.65 bits per heavy atom. The summed E-state index contributed by atoms with van der Waals surface area (Å²) in [5, 5.41) is 3.03. The van der Waals surface area contributed by atoms with Gasteiger partial charge in [-0.3, -0.25) is 9.20 Å². The molecule has 0 spiro atoms. The molecule has 0 radical (unpaired) electrons. The van der Waals surface area contributed by atoms with E-state index in [1.165, 1.54) is 0 Å².